The molecule has 0 saturated heterocycles. The molecule has 0 radical (unpaired) electrons. The maximum absolute atomic E-state index is 13.0. The fraction of sp³-hybridized carbons (Fsp3) is 0.200. The van der Waals surface area contributed by atoms with Crippen molar-refractivity contribution >= 4 is 40.5 Å². The van der Waals surface area contributed by atoms with Crippen molar-refractivity contribution in [3.8, 4) is 5.75 Å². The first kappa shape index (κ1) is 22.0. The minimum atomic E-state index is -0.710. The largest absolute Gasteiger partial charge is 0.497 e. The van der Waals surface area contributed by atoms with E-state index in [0.717, 1.165) is 34.6 Å². The number of fused-ring (bicyclic) bond motifs is 2. The number of allylic oxidation sites excluding steroid dienone is 1. The number of para-hydroxylation sites is 1. The lowest BCUT2D eigenvalue weighted by Gasteiger charge is -2.12. The van der Waals surface area contributed by atoms with Gasteiger partial charge >= 0.3 is 12.0 Å². The van der Waals surface area contributed by atoms with E-state index >= 15 is 0 Å². The number of hydrogen-bond acceptors (Lipinski definition) is 6. The summed E-state index contributed by atoms with van der Waals surface area (Å²) in [5.74, 6) is -0.557. The number of aromatic nitrogens is 1. The molecule has 0 fully saturated rings. The van der Waals surface area contributed by atoms with Crippen LogP contribution in [0.3, 0.4) is 0 Å². The number of esters is 1. The van der Waals surface area contributed by atoms with Gasteiger partial charge in [-0.15, -0.1) is 0 Å². The van der Waals surface area contributed by atoms with Gasteiger partial charge in [0.25, 0.3) is 5.91 Å². The monoisotopic (exact) mass is 445 g/mol. The van der Waals surface area contributed by atoms with Gasteiger partial charge in [-0.3, -0.25) is 10.1 Å². The summed E-state index contributed by atoms with van der Waals surface area (Å²) in [6, 6.07) is 14.4. The number of hydrogen-bond donors (Lipinski definition) is 2. The van der Waals surface area contributed by atoms with Gasteiger partial charge in [-0.05, 0) is 53.8 Å². The van der Waals surface area contributed by atoms with E-state index in [1.54, 1.807) is 7.11 Å². The summed E-state index contributed by atoms with van der Waals surface area (Å²) in [4.78, 5) is 41.0. The maximum Gasteiger partial charge on any atom is 0.339 e. The Labute approximate surface area is 190 Å². The minimum Gasteiger partial charge on any atom is -0.497 e. The normalized spacial score (nSPS) is 13.5. The summed E-state index contributed by atoms with van der Waals surface area (Å²) >= 11 is 0. The van der Waals surface area contributed by atoms with Crippen LogP contribution in [0.4, 0.5) is 4.79 Å². The Hall–Kier alpha value is -4.20. The molecule has 1 heterocycles. The molecule has 8 heteroatoms. The van der Waals surface area contributed by atoms with Crippen molar-refractivity contribution in [3.63, 3.8) is 0 Å². The van der Waals surface area contributed by atoms with Gasteiger partial charge in [-0.1, -0.05) is 30.3 Å². The Kier molecular flexibility index (Phi) is 6.35. The number of urea groups is 1. The zero-order valence-corrected chi connectivity index (χ0v) is 18.3. The molecule has 0 spiro atoms. The summed E-state index contributed by atoms with van der Waals surface area (Å²) in [6.45, 7) is -0.563. The van der Waals surface area contributed by atoms with Crippen molar-refractivity contribution in [2.24, 2.45) is 0 Å². The van der Waals surface area contributed by atoms with Crippen LogP contribution in [0.25, 0.3) is 22.6 Å². The SMILES string of the molecule is CNC(=O)NC(=O)COC(=O)c1c2c(nc3ccccc13)/C(=C/c1ccc(OC)cc1)CC2. The second-order valence-electron chi connectivity index (χ2n) is 7.48. The molecule has 3 amide bonds. The van der Waals surface area contributed by atoms with Crippen molar-refractivity contribution in [2.45, 2.75) is 12.8 Å². The number of methoxy groups -OCH3 is 1. The minimum absolute atomic E-state index is 0.404. The first-order chi connectivity index (χ1) is 16.0. The van der Waals surface area contributed by atoms with E-state index in [9.17, 15) is 14.4 Å². The molecule has 0 unspecified atom stereocenters. The molecule has 1 aliphatic carbocycles. The molecule has 0 atom stereocenters. The highest BCUT2D eigenvalue weighted by Crippen LogP contribution is 2.37. The number of benzene rings is 2. The zero-order chi connectivity index (χ0) is 23.4. The van der Waals surface area contributed by atoms with Crippen molar-refractivity contribution < 1.29 is 23.9 Å². The van der Waals surface area contributed by atoms with Crippen LogP contribution in [0.1, 0.15) is 33.6 Å². The molecule has 1 aliphatic rings. The van der Waals surface area contributed by atoms with Gasteiger partial charge in [0.1, 0.15) is 5.75 Å². The second-order valence-corrected chi connectivity index (χ2v) is 7.48. The van der Waals surface area contributed by atoms with Gasteiger partial charge < -0.3 is 14.8 Å². The Bertz CT molecular complexity index is 1270. The van der Waals surface area contributed by atoms with Gasteiger partial charge in [-0.25, -0.2) is 14.6 Å². The van der Waals surface area contributed by atoms with Crippen LogP contribution in [0, 0.1) is 0 Å². The molecular formula is C25H23N3O5. The van der Waals surface area contributed by atoms with Crippen LogP contribution in [0.2, 0.25) is 0 Å². The summed E-state index contributed by atoms with van der Waals surface area (Å²) in [7, 11) is 3.01. The third-order valence-electron chi connectivity index (χ3n) is 5.42. The molecule has 0 saturated carbocycles. The smallest absolute Gasteiger partial charge is 0.339 e. The molecule has 1 aromatic heterocycles. The van der Waals surface area contributed by atoms with Gasteiger partial charge in [-0.2, -0.15) is 0 Å². The van der Waals surface area contributed by atoms with Crippen LogP contribution in [0.15, 0.2) is 48.5 Å². The molecule has 33 heavy (non-hydrogen) atoms. The number of imide groups is 1. The lowest BCUT2D eigenvalue weighted by atomic mass is 10.0. The highest BCUT2D eigenvalue weighted by molar-refractivity contribution is 6.08. The molecule has 3 aromatic rings. The third-order valence-corrected chi connectivity index (χ3v) is 5.42. The lowest BCUT2D eigenvalue weighted by molar-refractivity contribution is -0.123. The van der Waals surface area contributed by atoms with E-state index in [2.05, 4.69) is 16.7 Å². The topological polar surface area (TPSA) is 107 Å². The highest BCUT2D eigenvalue weighted by atomic mass is 16.5. The van der Waals surface area contributed by atoms with Gasteiger partial charge in [0, 0.05) is 12.4 Å². The summed E-state index contributed by atoms with van der Waals surface area (Å²) in [6.07, 6.45) is 3.41. The van der Waals surface area contributed by atoms with Crippen LogP contribution in [-0.2, 0) is 16.0 Å². The van der Waals surface area contributed by atoms with Crippen LogP contribution < -0.4 is 15.4 Å². The van der Waals surface area contributed by atoms with Crippen molar-refractivity contribution in [1.82, 2.24) is 15.6 Å². The quantitative estimate of drug-likeness (QED) is 0.584. The highest BCUT2D eigenvalue weighted by Gasteiger charge is 2.28. The van der Waals surface area contributed by atoms with Gasteiger partial charge in [0.05, 0.1) is 23.9 Å². The Morgan fingerprint density at radius 1 is 1.06 bits per heavy atom. The lowest BCUT2D eigenvalue weighted by Crippen LogP contribution is -2.39. The van der Waals surface area contributed by atoms with E-state index in [4.69, 9.17) is 14.5 Å². The van der Waals surface area contributed by atoms with Crippen molar-refractivity contribution in [3.05, 3.63) is 70.9 Å². The van der Waals surface area contributed by atoms with E-state index < -0.39 is 24.5 Å². The standard InChI is InChI=1S/C25H23N3O5/c1-26-25(31)28-21(29)14-33-24(30)22-18-5-3-4-6-20(18)27-23-16(9-12-19(22)23)13-15-7-10-17(32-2)11-8-15/h3-8,10-11,13H,9,12,14H2,1-2H3,(H2,26,28,29,31)/b16-13+. The summed E-state index contributed by atoms with van der Waals surface area (Å²) in [5, 5.41) is 5.01. The number of carbonyl (C=O) groups is 3. The van der Waals surface area contributed by atoms with Crippen LogP contribution in [0.5, 0.6) is 5.75 Å². The van der Waals surface area contributed by atoms with E-state index in [1.807, 2.05) is 48.5 Å². The fourth-order valence-corrected chi connectivity index (χ4v) is 3.84. The molecule has 0 aliphatic heterocycles. The zero-order valence-electron chi connectivity index (χ0n) is 18.3. The first-order valence-electron chi connectivity index (χ1n) is 10.5. The Balaban J connectivity index is 1.68. The number of pyridine rings is 1. The Morgan fingerprint density at radius 3 is 2.55 bits per heavy atom. The molecule has 0 bridgehead atoms. The van der Waals surface area contributed by atoms with Crippen molar-refractivity contribution in [1.29, 1.82) is 0 Å². The number of amides is 3. The van der Waals surface area contributed by atoms with Gasteiger partial charge in [0.2, 0.25) is 0 Å². The number of carbonyl (C=O) groups excluding carboxylic acids is 3. The molecule has 2 aromatic carbocycles. The molecular weight excluding hydrogens is 422 g/mol. The predicted octanol–water partition coefficient (Wildman–Crippen LogP) is 3.34. The van der Waals surface area contributed by atoms with Crippen molar-refractivity contribution in [2.75, 3.05) is 20.8 Å². The predicted molar refractivity (Wildman–Crippen MR) is 124 cm³/mol. The molecule has 2 N–H and O–H groups in total. The number of nitrogens with one attached hydrogen (secondary N) is 2. The van der Waals surface area contributed by atoms with Crippen LogP contribution >= 0.6 is 0 Å². The number of ether oxygens (including phenoxy) is 2. The van der Waals surface area contributed by atoms with E-state index in [-0.39, 0.29) is 0 Å². The number of rotatable bonds is 5. The molecule has 4 rings (SSSR count). The van der Waals surface area contributed by atoms with Crippen LogP contribution in [-0.4, -0.2) is 43.7 Å². The average Bonchev–Trinajstić information content (AvgIpc) is 3.23. The van der Waals surface area contributed by atoms with Gasteiger partial charge in [0.15, 0.2) is 6.61 Å². The third kappa shape index (κ3) is 4.69. The Morgan fingerprint density at radius 2 is 1.82 bits per heavy atom. The average molecular weight is 445 g/mol. The summed E-state index contributed by atoms with van der Waals surface area (Å²) in [5.41, 5.74) is 4.65. The first-order valence-corrected chi connectivity index (χ1v) is 10.5. The summed E-state index contributed by atoms with van der Waals surface area (Å²) < 4.78 is 10.5. The fourth-order valence-electron chi connectivity index (χ4n) is 3.84. The maximum atomic E-state index is 13.0. The second kappa shape index (κ2) is 9.52. The number of nitrogens with zero attached hydrogens (tertiary/aromatic N) is 1. The molecule has 8 nitrogen and oxygen atoms in total. The van der Waals surface area contributed by atoms with E-state index in [0.29, 0.717) is 22.9 Å². The molecule has 168 valence electrons. The van der Waals surface area contributed by atoms with E-state index in [1.165, 1.54) is 7.05 Å².